The molecular weight excluding hydrogens is 283 g/mol. The maximum absolute atomic E-state index is 10.8. The molecule has 1 N–H and O–H groups in total. The molecule has 1 rings (SSSR count). The van der Waals surface area contributed by atoms with Gasteiger partial charge in [0.1, 0.15) is 11.3 Å². The highest BCUT2D eigenvalue weighted by Gasteiger charge is 2.14. The summed E-state index contributed by atoms with van der Waals surface area (Å²) in [7, 11) is 1.48. The molecule has 0 aliphatic carbocycles. The first-order valence-electron chi connectivity index (χ1n) is 3.64. The number of ether oxygens (including phenoxy) is 1. The maximum atomic E-state index is 10.8. The zero-order valence-corrected chi connectivity index (χ0v) is 9.45. The maximum Gasteiger partial charge on any atom is 0.339 e. The Hall–Kier alpha value is -0.780. The largest absolute Gasteiger partial charge is 0.496 e. The third-order valence-corrected chi connectivity index (χ3v) is 2.94. The van der Waals surface area contributed by atoms with E-state index < -0.39 is 5.97 Å². The lowest BCUT2D eigenvalue weighted by Gasteiger charge is -2.09. The molecule has 70 valence electrons. The number of benzene rings is 1. The van der Waals surface area contributed by atoms with Crippen LogP contribution in [-0.2, 0) is 0 Å². The van der Waals surface area contributed by atoms with Crippen LogP contribution in [0.25, 0.3) is 0 Å². The predicted octanol–water partition coefficient (Wildman–Crippen LogP) is 2.31. The summed E-state index contributed by atoms with van der Waals surface area (Å²) in [5, 5.41) is 8.83. The van der Waals surface area contributed by atoms with Crippen molar-refractivity contribution in [2.75, 3.05) is 7.11 Å². The molecule has 0 radical (unpaired) electrons. The fourth-order valence-electron chi connectivity index (χ4n) is 1.10. The van der Waals surface area contributed by atoms with Gasteiger partial charge in [-0.2, -0.15) is 0 Å². The summed E-state index contributed by atoms with van der Waals surface area (Å²) in [4.78, 5) is 10.8. The minimum absolute atomic E-state index is 0.209. The monoisotopic (exact) mass is 292 g/mol. The molecule has 0 aliphatic rings. The molecule has 0 unspecified atom stereocenters. The lowest BCUT2D eigenvalue weighted by molar-refractivity contribution is 0.0693. The summed E-state index contributed by atoms with van der Waals surface area (Å²) >= 11 is 2.14. The van der Waals surface area contributed by atoms with E-state index in [0.29, 0.717) is 5.75 Å². The van der Waals surface area contributed by atoms with Crippen LogP contribution in [0.4, 0.5) is 0 Å². The molecule has 1 aromatic rings. The van der Waals surface area contributed by atoms with Crippen molar-refractivity contribution >= 4 is 28.6 Å². The van der Waals surface area contributed by atoms with Crippen molar-refractivity contribution in [2.24, 2.45) is 0 Å². The average molecular weight is 292 g/mol. The smallest absolute Gasteiger partial charge is 0.339 e. The molecule has 0 aromatic heterocycles. The molecule has 1 aromatic carbocycles. The van der Waals surface area contributed by atoms with E-state index in [1.54, 1.807) is 12.1 Å². The highest BCUT2D eigenvalue weighted by atomic mass is 127. The van der Waals surface area contributed by atoms with E-state index in [0.717, 1.165) is 9.13 Å². The minimum atomic E-state index is -0.962. The molecule has 0 saturated heterocycles. The van der Waals surface area contributed by atoms with Gasteiger partial charge in [-0.3, -0.25) is 0 Å². The van der Waals surface area contributed by atoms with Gasteiger partial charge >= 0.3 is 5.97 Å². The zero-order chi connectivity index (χ0) is 10.0. The van der Waals surface area contributed by atoms with Gasteiger partial charge in [-0.05, 0) is 41.6 Å². The Morgan fingerprint density at radius 3 is 2.62 bits per heavy atom. The quantitative estimate of drug-likeness (QED) is 0.851. The van der Waals surface area contributed by atoms with Gasteiger partial charge in [0.05, 0.1) is 7.11 Å². The van der Waals surface area contributed by atoms with Crippen LogP contribution in [0, 0.1) is 10.5 Å². The molecule has 3 nitrogen and oxygen atoms in total. The highest BCUT2D eigenvalue weighted by Crippen LogP contribution is 2.27. The molecule has 0 saturated carbocycles. The minimum Gasteiger partial charge on any atom is -0.496 e. The number of methoxy groups -OCH3 is 1. The van der Waals surface area contributed by atoms with Crippen molar-refractivity contribution in [3.63, 3.8) is 0 Å². The lowest BCUT2D eigenvalue weighted by Crippen LogP contribution is -2.02. The summed E-state index contributed by atoms with van der Waals surface area (Å²) in [6.45, 7) is 1.84. The van der Waals surface area contributed by atoms with Crippen LogP contribution >= 0.6 is 22.6 Å². The van der Waals surface area contributed by atoms with Gasteiger partial charge in [-0.15, -0.1) is 0 Å². The van der Waals surface area contributed by atoms with Crippen LogP contribution in [0.2, 0.25) is 0 Å². The van der Waals surface area contributed by atoms with E-state index in [1.807, 2.05) is 6.92 Å². The van der Waals surface area contributed by atoms with Crippen LogP contribution in [0.5, 0.6) is 5.75 Å². The topological polar surface area (TPSA) is 46.5 Å². The fraction of sp³-hybridized carbons (Fsp3) is 0.222. The molecule has 0 bridgehead atoms. The van der Waals surface area contributed by atoms with Gasteiger partial charge in [-0.25, -0.2) is 4.79 Å². The Labute approximate surface area is 89.9 Å². The number of aromatic carboxylic acids is 1. The normalized spacial score (nSPS) is 9.77. The van der Waals surface area contributed by atoms with Crippen molar-refractivity contribution in [3.8, 4) is 5.75 Å². The van der Waals surface area contributed by atoms with Crippen molar-refractivity contribution in [2.45, 2.75) is 6.92 Å². The van der Waals surface area contributed by atoms with Crippen LogP contribution in [0.3, 0.4) is 0 Å². The van der Waals surface area contributed by atoms with Gasteiger partial charge in [-0.1, -0.05) is 0 Å². The second-order valence-corrected chi connectivity index (χ2v) is 3.72. The molecule has 0 aliphatic heterocycles. The van der Waals surface area contributed by atoms with Crippen LogP contribution in [-0.4, -0.2) is 18.2 Å². The first kappa shape index (κ1) is 10.3. The number of hydrogen-bond acceptors (Lipinski definition) is 2. The Morgan fingerprint density at radius 2 is 2.15 bits per heavy atom. The number of carboxylic acid groups (broad SMARTS) is 1. The SMILES string of the molecule is COc1c(C(=O)O)ccc(I)c1C. The second kappa shape index (κ2) is 3.95. The Balaban J connectivity index is 3.38. The summed E-state index contributed by atoms with van der Waals surface area (Å²) in [6, 6.07) is 3.32. The van der Waals surface area contributed by atoms with E-state index in [2.05, 4.69) is 22.6 Å². The van der Waals surface area contributed by atoms with E-state index in [1.165, 1.54) is 7.11 Å². The molecular formula is C9H9IO3. The summed E-state index contributed by atoms with van der Waals surface area (Å²) in [5.74, 6) is -0.518. The average Bonchev–Trinajstić information content (AvgIpc) is 2.09. The molecule has 0 atom stereocenters. The molecule has 0 fully saturated rings. The van der Waals surface area contributed by atoms with Crippen molar-refractivity contribution in [1.82, 2.24) is 0 Å². The number of carboxylic acids is 1. The zero-order valence-electron chi connectivity index (χ0n) is 7.30. The molecule has 0 amide bonds. The molecule has 13 heavy (non-hydrogen) atoms. The standard InChI is InChI=1S/C9H9IO3/c1-5-7(10)4-3-6(9(11)12)8(5)13-2/h3-4H,1-2H3,(H,11,12). The van der Waals surface area contributed by atoms with Gasteiger partial charge in [0.15, 0.2) is 0 Å². The Morgan fingerprint density at radius 1 is 1.54 bits per heavy atom. The number of carbonyl (C=O) groups is 1. The third-order valence-electron chi connectivity index (χ3n) is 1.77. The van der Waals surface area contributed by atoms with Crippen molar-refractivity contribution in [1.29, 1.82) is 0 Å². The first-order valence-corrected chi connectivity index (χ1v) is 4.72. The van der Waals surface area contributed by atoms with Crippen LogP contribution < -0.4 is 4.74 Å². The van der Waals surface area contributed by atoms with E-state index >= 15 is 0 Å². The molecule has 0 spiro atoms. The van der Waals surface area contributed by atoms with E-state index in [4.69, 9.17) is 9.84 Å². The van der Waals surface area contributed by atoms with E-state index in [-0.39, 0.29) is 5.56 Å². The summed E-state index contributed by atoms with van der Waals surface area (Å²) < 4.78 is 6.03. The number of halogens is 1. The van der Waals surface area contributed by atoms with Crippen LogP contribution in [0.1, 0.15) is 15.9 Å². The number of hydrogen-bond donors (Lipinski definition) is 1. The van der Waals surface area contributed by atoms with Gasteiger partial charge in [0.2, 0.25) is 0 Å². The Bertz CT molecular complexity index is 347. The third kappa shape index (κ3) is 1.93. The number of rotatable bonds is 2. The summed E-state index contributed by atoms with van der Waals surface area (Å²) in [6.07, 6.45) is 0. The van der Waals surface area contributed by atoms with Gasteiger partial charge in [0.25, 0.3) is 0 Å². The fourth-order valence-corrected chi connectivity index (χ4v) is 1.52. The molecule has 4 heteroatoms. The second-order valence-electron chi connectivity index (χ2n) is 2.56. The molecule has 0 heterocycles. The van der Waals surface area contributed by atoms with E-state index in [9.17, 15) is 4.79 Å². The van der Waals surface area contributed by atoms with Gasteiger partial charge in [0, 0.05) is 9.13 Å². The Kier molecular flexibility index (Phi) is 3.13. The first-order chi connectivity index (χ1) is 6.07. The lowest BCUT2D eigenvalue weighted by atomic mass is 10.1. The highest BCUT2D eigenvalue weighted by molar-refractivity contribution is 14.1. The summed E-state index contributed by atoms with van der Waals surface area (Å²) in [5.41, 5.74) is 1.07. The van der Waals surface area contributed by atoms with Crippen molar-refractivity contribution in [3.05, 3.63) is 26.8 Å². The van der Waals surface area contributed by atoms with Crippen LogP contribution in [0.15, 0.2) is 12.1 Å². The van der Waals surface area contributed by atoms with Crippen molar-refractivity contribution < 1.29 is 14.6 Å². The van der Waals surface area contributed by atoms with Gasteiger partial charge < -0.3 is 9.84 Å². The predicted molar refractivity (Wildman–Crippen MR) is 57.4 cm³/mol.